The van der Waals surface area contributed by atoms with Crippen LogP contribution in [0, 0.1) is 6.92 Å². The maximum absolute atomic E-state index is 12.6. The highest BCUT2D eigenvalue weighted by Gasteiger charge is 2.20. The zero-order chi connectivity index (χ0) is 22.7. The third kappa shape index (κ3) is 4.57. The Morgan fingerprint density at radius 2 is 2.03 bits per heavy atom. The Kier molecular flexibility index (Phi) is 6.92. The lowest BCUT2D eigenvalue weighted by Crippen LogP contribution is -2.16. The number of amides is 1. The summed E-state index contributed by atoms with van der Waals surface area (Å²) in [6, 6.07) is 9.95. The predicted octanol–water partition coefficient (Wildman–Crippen LogP) is 5.46. The second-order valence-electron chi connectivity index (χ2n) is 6.85. The third-order valence-electron chi connectivity index (χ3n) is 4.69. The Hall–Kier alpha value is -2.69. The number of benzene rings is 1. The number of anilines is 1. The summed E-state index contributed by atoms with van der Waals surface area (Å²) in [7, 11) is 0. The third-order valence-corrected chi connectivity index (χ3v) is 7.59. The van der Waals surface area contributed by atoms with Gasteiger partial charge < -0.3 is 14.6 Å². The number of carbonyl (C=O) groups excluding carboxylic acids is 2. The lowest BCUT2D eigenvalue weighted by molar-refractivity contribution is -0.113. The first-order valence-electron chi connectivity index (χ1n) is 10.1. The Balaban J connectivity index is 1.48. The van der Waals surface area contributed by atoms with Crippen LogP contribution < -0.4 is 5.32 Å². The van der Waals surface area contributed by atoms with Gasteiger partial charge in [0.25, 0.3) is 0 Å². The molecule has 0 unspecified atom stereocenters. The Labute approximate surface area is 197 Å². The maximum Gasteiger partial charge on any atom is 0.341 e. The number of esters is 1. The first-order valence-corrected chi connectivity index (χ1v) is 12.8. The van der Waals surface area contributed by atoms with Crippen molar-refractivity contribution in [3.63, 3.8) is 0 Å². The van der Waals surface area contributed by atoms with Crippen LogP contribution >= 0.6 is 34.4 Å². The van der Waals surface area contributed by atoms with Crippen LogP contribution in [0.3, 0.4) is 0 Å². The quantitative estimate of drug-likeness (QED) is 0.263. The molecular weight excluding hydrogens is 464 g/mol. The zero-order valence-electron chi connectivity index (χ0n) is 17.9. The van der Waals surface area contributed by atoms with Gasteiger partial charge in [0.1, 0.15) is 5.00 Å². The standard InChI is InChI=1S/C22H22N4O3S3/c1-4-26-19(16-11-30-17-9-7-6-8-14(16)17)24-25-22(26)31-12-18(27)23-20-15(10-13(3)32-20)21(28)29-5-2/h6-11H,4-5,12H2,1-3H3,(H,23,27). The van der Waals surface area contributed by atoms with Gasteiger partial charge in [-0.15, -0.1) is 32.9 Å². The van der Waals surface area contributed by atoms with E-state index in [2.05, 4.69) is 33.0 Å². The highest BCUT2D eigenvalue weighted by atomic mass is 32.2. The van der Waals surface area contributed by atoms with Gasteiger partial charge in [-0.3, -0.25) is 4.79 Å². The average molecular weight is 487 g/mol. The average Bonchev–Trinajstić information content (AvgIpc) is 3.48. The lowest BCUT2D eigenvalue weighted by atomic mass is 10.1. The monoisotopic (exact) mass is 486 g/mol. The van der Waals surface area contributed by atoms with Gasteiger partial charge in [-0.25, -0.2) is 4.79 Å². The number of ether oxygens (including phenoxy) is 1. The number of hydrogen-bond acceptors (Lipinski definition) is 8. The number of nitrogens with zero attached hydrogens (tertiary/aromatic N) is 3. The molecular formula is C22H22N4O3S3. The molecule has 0 aliphatic rings. The minimum absolute atomic E-state index is 0.154. The number of aromatic nitrogens is 3. The number of fused-ring (bicyclic) bond motifs is 1. The summed E-state index contributed by atoms with van der Waals surface area (Å²) in [5.41, 5.74) is 1.43. The van der Waals surface area contributed by atoms with Gasteiger partial charge in [0.2, 0.25) is 5.91 Å². The second-order valence-corrected chi connectivity index (χ2v) is 9.96. The van der Waals surface area contributed by atoms with E-state index in [-0.39, 0.29) is 18.3 Å². The number of carbonyl (C=O) groups is 2. The number of rotatable bonds is 8. The summed E-state index contributed by atoms with van der Waals surface area (Å²) in [6.07, 6.45) is 0. The van der Waals surface area contributed by atoms with Crippen molar-refractivity contribution in [1.82, 2.24) is 14.8 Å². The normalized spacial score (nSPS) is 11.1. The molecule has 7 nitrogen and oxygen atoms in total. The molecule has 0 saturated carbocycles. The van der Waals surface area contributed by atoms with Gasteiger partial charge >= 0.3 is 5.97 Å². The van der Waals surface area contributed by atoms with E-state index < -0.39 is 5.97 Å². The van der Waals surface area contributed by atoms with Gasteiger partial charge in [0, 0.05) is 32.5 Å². The molecule has 10 heteroatoms. The van der Waals surface area contributed by atoms with E-state index in [0.717, 1.165) is 21.7 Å². The van der Waals surface area contributed by atoms with E-state index in [1.807, 2.05) is 30.5 Å². The fraction of sp³-hybridized carbons (Fsp3) is 0.273. The summed E-state index contributed by atoms with van der Waals surface area (Å²) < 4.78 is 8.30. The van der Waals surface area contributed by atoms with E-state index in [1.54, 1.807) is 24.3 Å². The topological polar surface area (TPSA) is 86.1 Å². The number of thiophene rings is 2. The fourth-order valence-corrected chi connectivity index (χ4v) is 5.95. The summed E-state index contributed by atoms with van der Waals surface area (Å²) in [6.45, 7) is 6.64. The summed E-state index contributed by atoms with van der Waals surface area (Å²) in [5.74, 6) is 0.307. The van der Waals surface area contributed by atoms with E-state index in [4.69, 9.17) is 4.74 Å². The van der Waals surface area contributed by atoms with E-state index >= 15 is 0 Å². The highest BCUT2D eigenvalue weighted by molar-refractivity contribution is 7.99. The summed E-state index contributed by atoms with van der Waals surface area (Å²) in [5, 5.41) is 16.0. The first kappa shape index (κ1) is 22.5. The predicted molar refractivity (Wildman–Crippen MR) is 131 cm³/mol. The maximum atomic E-state index is 12.6. The lowest BCUT2D eigenvalue weighted by Gasteiger charge is -2.08. The summed E-state index contributed by atoms with van der Waals surface area (Å²) in [4.78, 5) is 25.7. The van der Waals surface area contributed by atoms with Crippen LogP contribution in [0.25, 0.3) is 21.5 Å². The minimum atomic E-state index is -0.432. The first-order chi connectivity index (χ1) is 15.5. The molecule has 0 fully saturated rings. The highest BCUT2D eigenvalue weighted by Crippen LogP contribution is 2.34. The van der Waals surface area contributed by atoms with Crippen LogP contribution in [0.2, 0.25) is 0 Å². The largest absolute Gasteiger partial charge is 0.462 e. The molecule has 3 heterocycles. The van der Waals surface area contributed by atoms with Crippen molar-refractivity contribution in [2.24, 2.45) is 0 Å². The molecule has 0 aliphatic heterocycles. The SMILES string of the molecule is CCOC(=O)c1cc(C)sc1NC(=O)CSc1nnc(-c2csc3ccccc23)n1CC. The van der Waals surface area contributed by atoms with Gasteiger partial charge in [-0.05, 0) is 32.9 Å². The minimum Gasteiger partial charge on any atom is -0.462 e. The molecule has 0 saturated heterocycles. The molecule has 0 atom stereocenters. The van der Waals surface area contributed by atoms with E-state index in [9.17, 15) is 9.59 Å². The van der Waals surface area contributed by atoms with Gasteiger partial charge in [-0.1, -0.05) is 30.0 Å². The molecule has 0 aliphatic carbocycles. The molecule has 1 aromatic carbocycles. The van der Waals surface area contributed by atoms with Crippen molar-refractivity contribution in [3.8, 4) is 11.4 Å². The van der Waals surface area contributed by atoms with Gasteiger partial charge in [0.05, 0.1) is 17.9 Å². The van der Waals surface area contributed by atoms with Gasteiger partial charge in [0.15, 0.2) is 11.0 Å². The zero-order valence-corrected chi connectivity index (χ0v) is 20.3. The molecule has 0 spiro atoms. The Morgan fingerprint density at radius 1 is 1.22 bits per heavy atom. The molecule has 3 aromatic heterocycles. The molecule has 0 radical (unpaired) electrons. The smallest absolute Gasteiger partial charge is 0.341 e. The Bertz CT molecular complexity index is 1270. The van der Waals surface area contributed by atoms with Crippen LogP contribution in [0.1, 0.15) is 29.1 Å². The molecule has 1 amide bonds. The number of hydrogen-bond donors (Lipinski definition) is 1. The van der Waals surface area contributed by atoms with Crippen molar-refractivity contribution < 1.29 is 14.3 Å². The number of thioether (sulfide) groups is 1. The van der Waals surface area contributed by atoms with Crippen molar-refractivity contribution in [2.45, 2.75) is 32.5 Å². The number of nitrogens with one attached hydrogen (secondary N) is 1. The van der Waals surface area contributed by atoms with Gasteiger partial charge in [-0.2, -0.15) is 0 Å². The van der Waals surface area contributed by atoms with Crippen molar-refractivity contribution in [2.75, 3.05) is 17.7 Å². The molecule has 166 valence electrons. The summed E-state index contributed by atoms with van der Waals surface area (Å²) >= 11 is 4.36. The fourth-order valence-electron chi connectivity index (χ4n) is 3.29. The number of aryl methyl sites for hydroxylation is 1. The van der Waals surface area contributed by atoms with Crippen LogP contribution in [0.5, 0.6) is 0 Å². The molecule has 4 rings (SSSR count). The molecule has 1 N–H and O–H groups in total. The van der Waals surface area contributed by atoms with Crippen LogP contribution in [0.15, 0.2) is 40.9 Å². The van der Waals surface area contributed by atoms with Crippen LogP contribution in [0.4, 0.5) is 5.00 Å². The molecule has 32 heavy (non-hydrogen) atoms. The Morgan fingerprint density at radius 3 is 2.81 bits per heavy atom. The van der Waals surface area contributed by atoms with E-state index in [1.165, 1.54) is 27.8 Å². The molecule has 4 aromatic rings. The van der Waals surface area contributed by atoms with Crippen molar-refractivity contribution in [3.05, 3.63) is 46.2 Å². The molecule has 0 bridgehead atoms. The van der Waals surface area contributed by atoms with Crippen LogP contribution in [-0.2, 0) is 16.1 Å². The van der Waals surface area contributed by atoms with E-state index in [0.29, 0.717) is 22.3 Å². The second kappa shape index (κ2) is 9.85. The van der Waals surface area contributed by atoms with Crippen LogP contribution in [-0.4, -0.2) is 39.0 Å². The van der Waals surface area contributed by atoms with Crippen molar-refractivity contribution in [1.29, 1.82) is 0 Å². The van der Waals surface area contributed by atoms with Crippen molar-refractivity contribution >= 4 is 61.4 Å².